The Morgan fingerprint density at radius 1 is 0.329 bits per heavy atom. The summed E-state index contributed by atoms with van der Waals surface area (Å²) in [4.78, 5) is 54.2. The summed E-state index contributed by atoms with van der Waals surface area (Å²) in [6.45, 7) is 15.4. The lowest BCUT2D eigenvalue weighted by atomic mass is 10.1. The highest BCUT2D eigenvalue weighted by molar-refractivity contribution is 5.74. The van der Waals surface area contributed by atoms with Crippen LogP contribution < -0.4 is 31.9 Å². The van der Waals surface area contributed by atoms with Crippen molar-refractivity contribution in [3.63, 3.8) is 0 Å². The minimum absolute atomic E-state index is 0.169. The van der Waals surface area contributed by atoms with Crippen molar-refractivity contribution in [2.75, 3.05) is 58.9 Å². The van der Waals surface area contributed by atoms with Gasteiger partial charge in [-0.1, -0.05) is 194 Å². The molecule has 0 saturated heterocycles. The largest absolute Gasteiger partial charge is 0.338 e. The molecule has 3 aromatic rings. The molecule has 0 aromatic carbocycles. The Morgan fingerprint density at radius 2 is 0.557 bits per heavy atom. The average molecular weight is 1100 g/mol. The van der Waals surface area contributed by atoms with Gasteiger partial charge in [-0.3, -0.25) is 0 Å². The van der Waals surface area contributed by atoms with E-state index in [4.69, 9.17) is 0 Å². The fourth-order valence-electron chi connectivity index (χ4n) is 10.3. The number of hydrogen-bond donors (Lipinski definition) is 6. The van der Waals surface area contributed by atoms with Gasteiger partial charge in [-0.2, -0.15) is 0 Å². The Bertz CT molecular complexity index is 1670. The fraction of sp³-hybridized carbons (Fsp3) is 0.810. The molecule has 0 spiro atoms. The zero-order chi connectivity index (χ0) is 56.3. The van der Waals surface area contributed by atoms with Crippen LogP contribution in [0.15, 0.2) is 37.6 Å². The molecule has 0 unspecified atom stereocenters. The van der Waals surface area contributed by atoms with Crippen molar-refractivity contribution in [2.24, 2.45) is 0 Å². The van der Waals surface area contributed by atoms with Gasteiger partial charge in [0.25, 0.3) is 0 Å². The van der Waals surface area contributed by atoms with E-state index in [9.17, 15) is 14.4 Å². The topological polar surface area (TPSA) is 180 Å². The number of rotatable bonds is 54. The third-order valence-electron chi connectivity index (χ3n) is 15.2. The van der Waals surface area contributed by atoms with Crippen LogP contribution in [0.1, 0.15) is 250 Å². The van der Waals surface area contributed by atoms with Crippen LogP contribution in [0.2, 0.25) is 0 Å². The summed E-state index contributed by atoms with van der Waals surface area (Å²) in [5, 5.41) is 18.1. The van der Waals surface area contributed by atoms with E-state index in [-0.39, 0.29) is 18.1 Å². The summed E-state index contributed by atoms with van der Waals surface area (Å²) >= 11 is 0. The standard InChI is InChI=1S/C63H117N13O3/c1-4-7-10-13-16-19-22-25-28-31-46-74-52-58(70-55-74)37-43-67-61(77)64-40-34-49-73(50-35-41-65-62(78)68-44-38-59-53-75(56-71-59)47-32-29-26-23-20-17-14-11-8-5-2)51-36-42-66-63(79)69-45-39-60-54-76(57-72-60)48-33-30-27-24-21-18-15-12-9-6-3/h52-57H,4-51H2,1-3H3,(H2,64,67,77)(H2,65,68,78)(H2,66,69,79). The lowest BCUT2D eigenvalue weighted by Gasteiger charge is -2.22. The van der Waals surface area contributed by atoms with Crippen molar-refractivity contribution in [2.45, 2.75) is 272 Å². The van der Waals surface area contributed by atoms with Gasteiger partial charge in [-0.15, -0.1) is 0 Å². The highest BCUT2D eigenvalue weighted by atomic mass is 16.2. The molecule has 0 fully saturated rings. The molecule has 16 heteroatoms. The number of unbranched alkanes of at least 4 members (excludes halogenated alkanes) is 27. The van der Waals surface area contributed by atoms with Gasteiger partial charge in [0, 0.05) is 96.8 Å². The Morgan fingerprint density at radius 3 is 0.810 bits per heavy atom. The lowest BCUT2D eigenvalue weighted by molar-refractivity contribution is 0.233. The predicted octanol–water partition coefficient (Wildman–Crippen LogP) is 13.4. The Hall–Kier alpha value is -4.60. The molecule has 3 aromatic heterocycles. The zero-order valence-corrected chi connectivity index (χ0v) is 50.8. The van der Waals surface area contributed by atoms with Crippen molar-refractivity contribution >= 4 is 18.1 Å². The summed E-state index contributed by atoms with van der Waals surface area (Å²) in [5.74, 6) is 0. The normalized spacial score (nSPS) is 11.4. The number of nitrogens with one attached hydrogen (secondary N) is 6. The van der Waals surface area contributed by atoms with Crippen LogP contribution in [-0.4, -0.2) is 111 Å². The summed E-state index contributed by atoms with van der Waals surface area (Å²) in [7, 11) is 0. The first-order valence-electron chi connectivity index (χ1n) is 32.7. The zero-order valence-electron chi connectivity index (χ0n) is 50.8. The Labute approximate surface area is 481 Å². The minimum atomic E-state index is -0.169. The molecule has 16 nitrogen and oxygen atoms in total. The molecule has 3 heterocycles. The fourth-order valence-corrected chi connectivity index (χ4v) is 10.3. The van der Waals surface area contributed by atoms with Gasteiger partial charge in [0.1, 0.15) is 0 Å². The van der Waals surface area contributed by atoms with Crippen LogP contribution in [0.5, 0.6) is 0 Å². The highest BCUT2D eigenvalue weighted by Crippen LogP contribution is 2.14. The van der Waals surface area contributed by atoms with Gasteiger partial charge >= 0.3 is 18.1 Å². The molecule has 0 atom stereocenters. The molecule has 6 amide bonds. The van der Waals surface area contributed by atoms with Crippen molar-refractivity contribution in [1.82, 2.24) is 65.5 Å². The smallest absolute Gasteiger partial charge is 0.314 e. The minimum Gasteiger partial charge on any atom is -0.338 e. The molecule has 79 heavy (non-hydrogen) atoms. The van der Waals surface area contributed by atoms with Gasteiger partial charge in [0.2, 0.25) is 0 Å². The molecule has 0 bridgehead atoms. The molecule has 3 rings (SSSR count). The first-order valence-corrected chi connectivity index (χ1v) is 32.7. The number of aryl methyl sites for hydroxylation is 3. The van der Waals surface area contributed by atoms with Gasteiger partial charge in [0.05, 0.1) is 36.1 Å². The van der Waals surface area contributed by atoms with Crippen LogP contribution >= 0.6 is 0 Å². The second-order valence-corrected chi connectivity index (χ2v) is 22.6. The lowest BCUT2D eigenvalue weighted by Crippen LogP contribution is -2.40. The molecule has 0 aliphatic carbocycles. The number of imidazole rings is 3. The second-order valence-electron chi connectivity index (χ2n) is 22.6. The van der Waals surface area contributed by atoms with E-state index in [1.54, 1.807) is 0 Å². The second kappa shape index (κ2) is 49.2. The first kappa shape index (κ1) is 68.7. The summed E-state index contributed by atoms with van der Waals surface area (Å²) in [5.41, 5.74) is 2.99. The number of urea groups is 3. The van der Waals surface area contributed by atoms with Crippen molar-refractivity contribution in [3.8, 4) is 0 Å². The number of hydrogen-bond acceptors (Lipinski definition) is 7. The maximum atomic E-state index is 12.7. The van der Waals surface area contributed by atoms with Crippen LogP contribution in [0.3, 0.4) is 0 Å². The first-order chi connectivity index (χ1) is 38.9. The summed E-state index contributed by atoms with van der Waals surface area (Å²) in [6, 6.07) is -0.508. The van der Waals surface area contributed by atoms with Crippen LogP contribution in [0, 0.1) is 0 Å². The third-order valence-corrected chi connectivity index (χ3v) is 15.2. The van der Waals surface area contributed by atoms with Crippen molar-refractivity contribution in [1.29, 1.82) is 0 Å². The van der Waals surface area contributed by atoms with Crippen LogP contribution in [-0.2, 0) is 38.9 Å². The van der Waals surface area contributed by atoms with Crippen molar-refractivity contribution in [3.05, 3.63) is 54.7 Å². The molecule has 0 aliphatic heterocycles. The highest BCUT2D eigenvalue weighted by Gasteiger charge is 2.10. The van der Waals surface area contributed by atoms with Gasteiger partial charge in [0.15, 0.2) is 0 Å². The van der Waals surface area contributed by atoms with Gasteiger partial charge in [-0.25, -0.2) is 29.3 Å². The predicted molar refractivity (Wildman–Crippen MR) is 328 cm³/mol. The SMILES string of the molecule is CCCCCCCCCCCCn1cnc(CCNC(=O)NCCCN(CCCNC(=O)NCCc2cn(CCCCCCCCCCCC)cn2)CCCNC(=O)NCCc2cn(CCCCCCCCCCCC)cn2)c1. The molecule has 6 N–H and O–H groups in total. The molecule has 0 saturated carbocycles. The van der Waals surface area contributed by atoms with E-state index in [1.807, 2.05) is 19.0 Å². The Kier molecular flexibility index (Phi) is 42.8. The third kappa shape index (κ3) is 39.4. The maximum absolute atomic E-state index is 12.7. The molecular formula is C63H117N13O3. The number of carbonyl (C=O) groups is 3. The Balaban J connectivity index is 1.29. The summed E-state index contributed by atoms with van der Waals surface area (Å²) in [6.07, 6.45) is 56.4. The number of amides is 6. The van der Waals surface area contributed by atoms with Crippen molar-refractivity contribution < 1.29 is 14.4 Å². The monoisotopic (exact) mass is 1100 g/mol. The quantitative estimate of drug-likeness (QED) is 0.0304. The van der Waals surface area contributed by atoms with Crippen LogP contribution in [0.25, 0.3) is 0 Å². The van der Waals surface area contributed by atoms with Gasteiger partial charge in [-0.05, 0) is 58.2 Å². The molecule has 0 aliphatic rings. The van der Waals surface area contributed by atoms with Gasteiger partial charge < -0.3 is 50.5 Å². The summed E-state index contributed by atoms with van der Waals surface area (Å²) < 4.78 is 6.53. The van der Waals surface area contributed by atoms with E-state index < -0.39 is 0 Å². The average Bonchev–Trinajstić information content (AvgIpc) is 4.23. The number of nitrogens with zero attached hydrogens (tertiary/aromatic N) is 7. The number of carbonyl (C=O) groups excluding carboxylic acids is 3. The molecule has 0 radical (unpaired) electrons. The van der Waals surface area contributed by atoms with E-state index in [2.05, 4.69) is 105 Å². The van der Waals surface area contributed by atoms with E-state index >= 15 is 0 Å². The maximum Gasteiger partial charge on any atom is 0.314 e. The van der Waals surface area contributed by atoms with E-state index in [1.165, 1.54) is 193 Å². The molecular weight excluding hydrogens is 987 g/mol. The molecule has 452 valence electrons. The van der Waals surface area contributed by atoms with E-state index in [0.29, 0.717) is 58.5 Å². The van der Waals surface area contributed by atoms with Crippen LogP contribution in [0.4, 0.5) is 14.4 Å². The van der Waals surface area contributed by atoms with E-state index in [0.717, 1.165) is 75.6 Å². The number of aromatic nitrogens is 6.